The summed E-state index contributed by atoms with van der Waals surface area (Å²) in [7, 11) is 0. The molecule has 2 heterocycles. The Hall–Kier alpha value is -3.15. The quantitative estimate of drug-likeness (QED) is 0.723. The van der Waals surface area contributed by atoms with Crippen LogP contribution in [-0.2, 0) is 23.3 Å². The van der Waals surface area contributed by atoms with Crippen molar-refractivity contribution in [3.8, 4) is 0 Å². The second-order valence-corrected chi connectivity index (χ2v) is 6.81. The van der Waals surface area contributed by atoms with Crippen LogP contribution in [0.3, 0.4) is 0 Å². The Kier molecular flexibility index (Phi) is 3.16. The van der Waals surface area contributed by atoms with Crippen LogP contribution in [0.1, 0.15) is 29.9 Å². The van der Waals surface area contributed by atoms with Crippen molar-refractivity contribution >= 4 is 23.0 Å². The fourth-order valence-electron chi connectivity index (χ4n) is 4.08. The number of hydrogen-bond acceptors (Lipinski definition) is 4. The Balaban J connectivity index is 1.51. The van der Waals surface area contributed by atoms with Crippen LogP contribution >= 0.6 is 0 Å². The number of oxazole rings is 1. The molecule has 2 aromatic carbocycles. The molecule has 3 amide bonds. The number of nitrogens with zero attached hydrogens (tertiary/aromatic N) is 2. The molecule has 130 valence electrons. The highest BCUT2D eigenvalue weighted by atomic mass is 16.3. The number of aromatic nitrogens is 1. The van der Waals surface area contributed by atoms with Crippen molar-refractivity contribution in [3.05, 3.63) is 65.5 Å². The monoisotopic (exact) mass is 347 g/mol. The van der Waals surface area contributed by atoms with Crippen molar-refractivity contribution in [1.82, 2.24) is 15.2 Å². The number of nitrogens with one attached hydrogen (secondary N) is 1. The van der Waals surface area contributed by atoms with E-state index in [-0.39, 0.29) is 12.5 Å². The van der Waals surface area contributed by atoms with E-state index in [0.29, 0.717) is 23.4 Å². The topological polar surface area (TPSA) is 75.4 Å². The van der Waals surface area contributed by atoms with Crippen LogP contribution in [0.4, 0.5) is 4.79 Å². The zero-order chi connectivity index (χ0) is 17.7. The Bertz CT molecular complexity index is 1010. The number of imide groups is 1. The van der Waals surface area contributed by atoms with Gasteiger partial charge in [-0.15, -0.1) is 0 Å². The molecular formula is C20H17N3O3. The summed E-state index contributed by atoms with van der Waals surface area (Å²) >= 11 is 0. The third kappa shape index (κ3) is 2.08. The van der Waals surface area contributed by atoms with Gasteiger partial charge in [-0.3, -0.25) is 9.69 Å². The Morgan fingerprint density at radius 2 is 1.92 bits per heavy atom. The molecule has 5 rings (SSSR count). The van der Waals surface area contributed by atoms with E-state index in [4.69, 9.17) is 4.42 Å². The van der Waals surface area contributed by atoms with E-state index in [0.717, 1.165) is 24.0 Å². The zero-order valence-electron chi connectivity index (χ0n) is 14.1. The van der Waals surface area contributed by atoms with Gasteiger partial charge in [-0.1, -0.05) is 36.4 Å². The normalized spacial score (nSPS) is 22.1. The Morgan fingerprint density at radius 3 is 2.81 bits per heavy atom. The molecule has 1 aliphatic carbocycles. The minimum atomic E-state index is -0.960. The van der Waals surface area contributed by atoms with Crippen molar-refractivity contribution in [2.45, 2.75) is 31.3 Å². The molecule has 1 atom stereocenters. The van der Waals surface area contributed by atoms with E-state index >= 15 is 0 Å². The highest BCUT2D eigenvalue weighted by Gasteiger charge is 2.54. The molecule has 6 heteroatoms. The van der Waals surface area contributed by atoms with Gasteiger partial charge in [-0.05, 0) is 42.5 Å². The number of benzene rings is 2. The van der Waals surface area contributed by atoms with Crippen LogP contribution in [0.2, 0.25) is 0 Å². The van der Waals surface area contributed by atoms with Crippen molar-refractivity contribution in [3.63, 3.8) is 0 Å². The minimum Gasteiger partial charge on any atom is -0.439 e. The summed E-state index contributed by atoms with van der Waals surface area (Å²) in [5.74, 6) is 0.132. The number of urea groups is 1. The highest BCUT2D eigenvalue weighted by Crippen LogP contribution is 2.40. The lowest BCUT2D eigenvalue weighted by Gasteiger charge is -2.33. The first kappa shape index (κ1) is 15.1. The standard InChI is InChI=1S/C20H17N3O3/c24-18-20(11-5-7-13-6-1-2-8-14(13)20)22-19(25)23(18)12-17-21-15-9-3-4-10-16(15)26-17/h1-4,6,8-10H,5,7,11-12H2,(H,22,25)/t20-/m0/s1. The third-order valence-electron chi connectivity index (χ3n) is 5.28. The fourth-order valence-corrected chi connectivity index (χ4v) is 4.08. The predicted octanol–water partition coefficient (Wildman–Crippen LogP) is 3.11. The van der Waals surface area contributed by atoms with Crippen molar-refractivity contribution in [1.29, 1.82) is 0 Å². The second kappa shape index (κ2) is 5.42. The number of fused-ring (bicyclic) bond motifs is 3. The first-order chi connectivity index (χ1) is 12.7. The van der Waals surface area contributed by atoms with Crippen LogP contribution in [0.15, 0.2) is 52.9 Å². The maximum Gasteiger partial charge on any atom is 0.325 e. The van der Waals surface area contributed by atoms with Crippen LogP contribution < -0.4 is 5.32 Å². The molecule has 2 aliphatic rings. The molecule has 1 aromatic heterocycles. The van der Waals surface area contributed by atoms with Crippen molar-refractivity contribution in [2.24, 2.45) is 0 Å². The van der Waals surface area contributed by atoms with E-state index in [2.05, 4.69) is 10.3 Å². The van der Waals surface area contributed by atoms with Gasteiger partial charge in [-0.25, -0.2) is 9.78 Å². The molecule has 0 bridgehead atoms. The maximum atomic E-state index is 13.2. The van der Waals surface area contributed by atoms with Gasteiger partial charge in [-0.2, -0.15) is 0 Å². The van der Waals surface area contributed by atoms with Gasteiger partial charge in [0.05, 0.1) is 0 Å². The van der Waals surface area contributed by atoms with E-state index in [1.165, 1.54) is 4.90 Å². The molecule has 1 fully saturated rings. The predicted molar refractivity (Wildman–Crippen MR) is 94.1 cm³/mol. The molecule has 0 saturated carbocycles. The summed E-state index contributed by atoms with van der Waals surface area (Å²) in [5, 5.41) is 2.95. The van der Waals surface area contributed by atoms with Gasteiger partial charge in [0.25, 0.3) is 5.91 Å². The molecular weight excluding hydrogens is 330 g/mol. The molecule has 3 aromatic rings. The summed E-state index contributed by atoms with van der Waals surface area (Å²) in [6.07, 6.45) is 2.39. The summed E-state index contributed by atoms with van der Waals surface area (Å²) in [6.45, 7) is 0.0310. The lowest BCUT2D eigenvalue weighted by atomic mass is 9.76. The number of aryl methyl sites for hydroxylation is 1. The lowest BCUT2D eigenvalue weighted by molar-refractivity contribution is -0.132. The number of carbonyl (C=O) groups is 2. The van der Waals surface area contributed by atoms with Gasteiger partial charge in [0.1, 0.15) is 17.6 Å². The van der Waals surface area contributed by atoms with Crippen LogP contribution in [0.25, 0.3) is 11.1 Å². The van der Waals surface area contributed by atoms with Gasteiger partial charge < -0.3 is 9.73 Å². The van der Waals surface area contributed by atoms with Gasteiger partial charge >= 0.3 is 6.03 Å². The Labute approximate surface area is 149 Å². The maximum absolute atomic E-state index is 13.2. The summed E-state index contributed by atoms with van der Waals surface area (Å²) < 4.78 is 5.69. The van der Waals surface area contributed by atoms with Crippen LogP contribution in [-0.4, -0.2) is 21.8 Å². The van der Waals surface area contributed by atoms with Crippen molar-refractivity contribution in [2.75, 3.05) is 0 Å². The average Bonchev–Trinajstić information content (AvgIpc) is 3.17. The van der Waals surface area contributed by atoms with Gasteiger partial charge in [0.15, 0.2) is 5.58 Å². The van der Waals surface area contributed by atoms with Gasteiger partial charge in [0.2, 0.25) is 5.89 Å². The Morgan fingerprint density at radius 1 is 1.12 bits per heavy atom. The smallest absolute Gasteiger partial charge is 0.325 e. The van der Waals surface area contributed by atoms with E-state index in [1.807, 2.05) is 48.5 Å². The van der Waals surface area contributed by atoms with Gasteiger partial charge in [0, 0.05) is 0 Å². The second-order valence-electron chi connectivity index (χ2n) is 6.81. The minimum absolute atomic E-state index is 0.0310. The molecule has 1 spiro atoms. The van der Waals surface area contributed by atoms with Crippen molar-refractivity contribution < 1.29 is 14.0 Å². The lowest BCUT2D eigenvalue weighted by Crippen LogP contribution is -2.46. The third-order valence-corrected chi connectivity index (χ3v) is 5.28. The first-order valence-corrected chi connectivity index (χ1v) is 8.74. The molecule has 1 aliphatic heterocycles. The number of hydrogen-bond donors (Lipinski definition) is 1. The first-order valence-electron chi connectivity index (χ1n) is 8.74. The van der Waals surface area contributed by atoms with E-state index in [1.54, 1.807) is 0 Å². The summed E-state index contributed by atoms with van der Waals surface area (Å²) in [5.41, 5.74) is 2.43. The summed E-state index contributed by atoms with van der Waals surface area (Å²) in [6, 6.07) is 14.8. The molecule has 6 nitrogen and oxygen atoms in total. The number of amides is 3. The zero-order valence-corrected chi connectivity index (χ0v) is 14.1. The molecule has 1 N–H and O–H groups in total. The SMILES string of the molecule is O=C1N[C@]2(CCCc3ccccc32)C(=O)N1Cc1nc2ccccc2o1. The molecule has 0 unspecified atom stereocenters. The molecule has 1 saturated heterocycles. The number of para-hydroxylation sites is 2. The number of carbonyl (C=O) groups excluding carboxylic acids is 2. The van der Waals surface area contributed by atoms with Crippen LogP contribution in [0, 0.1) is 0 Å². The van der Waals surface area contributed by atoms with E-state index in [9.17, 15) is 9.59 Å². The summed E-state index contributed by atoms with van der Waals surface area (Å²) in [4.78, 5) is 31.5. The highest BCUT2D eigenvalue weighted by molar-refractivity contribution is 6.07. The number of rotatable bonds is 2. The largest absolute Gasteiger partial charge is 0.439 e. The van der Waals surface area contributed by atoms with E-state index < -0.39 is 11.6 Å². The molecule has 0 radical (unpaired) electrons. The molecule has 26 heavy (non-hydrogen) atoms. The fraction of sp³-hybridized carbons (Fsp3) is 0.250. The van der Waals surface area contributed by atoms with Crippen LogP contribution in [0.5, 0.6) is 0 Å². The average molecular weight is 347 g/mol.